The molecular weight excluding hydrogens is 398 g/mol. The largest absolute Gasteiger partial charge is 0.497 e. The monoisotopic (exact) mass is 423 g/mol. The van der Waals surface area contributed by atoms with Crippen LogP contribution >= 0.6 is 22.9 Å². The Morgan fingerprint density at radius 1 is 1.36 bits per heavy atom. The Balaban J connectivity index is 0.000000221. The molecule has 2 aromatic rings. The van der Waals surface area contributed by atoms with Gasteiger partial charge in [-0.05, 0) is 50.2 Å². The van der Waals surface area contributed by atoms with Gasteiger partial charge in [0.2, 0.25) is 0 Å². The minimum absolute atomic E-state index is 0.128. The Bertz CT molecular complexity index is 796. The van der Waals surface area contributed by atoms with Crippen LogP contribution in [0.1, 0.15) is 52.8 Å². The molecule has 0 saturated heterocycles. The first-order chi connectivity index (χ1) is 13.4. The zero-order chi connectivity index (χ0) is 20.5. The van der Waals surface area contributed by atoms with Gasteiger partial charge in [-0.1, -0.05) is 30.2 Å². The highest BCUT2D eigenvalue weighted by Gasteiger charge is 2.13. The molecular formula is C21H26ClNO4S. The van der Waals surface area contributed by atoms with E-state index in [1.807, 2.05) is 6.07 Å². The van der Waals surface area contributed by atoms with Crippen LogP contribution in [0, 0.1) is 5.92 Å². The van der Waals surface area contributed by atoms with Gasteiger partial charge in [-0.25, -0.2) is 9.78 Å². The van der Waals surface area contributed by atoms with Crippen molar-refractivity contribution in [3.63, 3.8) is 0 Å². The van der Waals surface area contributed by atoms with Crippen LogP contribution in [0.5, 0.6) is 5.75 Å². The summed E-state index contributed by atoms with van der Waals surface area (Å²) >= 11 is 7.01. The molecule has 7 heteroatoms. The Morgan fingerprint density at radius 2 is 2.14 bits per heavy atom. The first kappa shape index (κ1) is 22.4. The van der Waals surface area contributed by atoms with Crippen LogP contribution in [0.25, 0.3) is 0 Å². The first-order valence-electron chi connectivity index (χ1n) is 9.25. The second-order valence-corrected chi connectivity index (χ2v) is 8.22. The van der Waals surface area contributed by atoms with Gasteiger partial charge in [-0.2, -0.15) is 0 Å². The lowest BCUT2D eigenvalue weighted by atomic mass is 9.99. The van der Waals surface area contributed by atoms with E-state index in [4.69, 9.17) is 26.6 Å². The van der Waals surface area contributed by atoms with Crippen molar-refractivity contribution in [1.82, 2.24) is 4.98 Å². The number of halogens is 1. The Hall–Kier alpha value is -1.89. The van der Waals surface area contributed by atoms with Crippen molar-refractivity contribution in [1.29, 1.82) is 0 Å². The maximum atomic E-state index is 10.7. The van der Waals surface area contributed by atoms with Crippen LogP contribution in [-0.2, 0) is 13.0 Å². The van der Waals surface area contributed by atoms with Crippen molar-refractivity contribution in [2.45, 2.75) is 45.6 Å². The molecule has 1 unspecified atom stereocenters. The molecule has 0 bridgehead atoms. The van der Waals surface area contributed by atoms with E-state index >= 15 is 0 Å². The average molecular weight is 424 g/mol. The van der Waals surface area contributed by atoms with E-state index in [2.05, 4.69) is 18.0 Å². The van der Waals surface area contributed by atoms with E-state index in [0.717, 1.165) is 18.8 Å². The van der Waals surface area contributed by atoms with Gasteiger partial charge in [0.05, 0.1) is 19.4 Å². The number of ether oxygens (including phenoxy) is 1. The molecule has 152 valence electrons. The molecule has 0 spiro atoms. The van der Waals surface area contributed by atoms with Crippen LogP contribution in [0.2, 0.25) is 5.15 Å². The number of aryl methyl sites for hydroxylation is 1. The number of aliphatic hydroxyl groups is 1. The van der Waals surface area contributed by atoms with Gasteiger partial charge in [0.15, 0.2) is 0 Å². The number of nitrogens with zero attached hydrogens (tertiary/aromatic N) is 1. The maximum Gasteiger partial charge on any atom is 0.345 e. The number of methoxy groups -OCH3 is 1. The summed E-state index contributed by atoms with van der Waals surface area (Å²) in [6, 6.07) is 6.87. The Morgan fingerprint density at radius 3 is 2.71 bits per heavy atom. The standard InChI is InChI=1S/C14H18O2S.C7H8ClNO2/c1-10-4-2-5-11(10)6-3-7-12-8-9-13(17-12)14(15)16;1-11-6-2-5(4-10)9-7(8)3-6/h5,8-10H,2-4,6-7H2,1H3,(H,15,16);2-3,10H,4H2,1H3. The summed E-state index contributed by atoms with van der Waals surface area (Å²) in [5.41, 5.74) is 2.11. The second-order valence-electron chi connectivity index (χ2n) is 6.66. The third kappa shape index (κ3) is 6.93. The number of carboxylic acid groups (broad SMARTS) is 1. The van der Waals surface area contributed by atoms with Gasteiger partial charge in [0.1, 0.15) is 15.8 Å². The number of thiophene rings is 1. The quantitative estimate of drug-likeness (QED) is 0.462. The third-order valence-electron chi connectivity index (χ3n) is 4.62. The molecule has 2 aromatic heterocycles. The first-order valence-corrected chi connectivity index (χ1v) is 10.4. The number of aromatic nitrogens is 1. The maximum absolute atomic E-state index is 10.7. The molecule has 5 nitrogen and oxygen atoms in total. The highest BCUT2D eigenvalue weighted by molar-refractivity contribution is 7.13. The summed E-state index contributed by atoms with van der Waals surface area (Å²) in [4.78, 5) is 16.2. The number of pyridine rings is 1. The minimum Gasteiger partial charge on any atom is -0.497 e. The fraction of sp³-hybridized carbons (Fsp3) is 0.429. The molecule has 1 atom stereocenters. The number of hydrogen-bond donors (Lipinski definition) is 2. The topological polar surface area (TPSA) is 79.7 Å². The number of carboxylic acids is 1. The zero-order valence-corrected chi connectivity index (χ0v) is 17.7. The average Bonchev–Trinajstić information content (AvgIpc) is 3.31. The molecule has 2 heterocycles. The lowest BCUT2D eigenvalue weighted by Gasteiger charge is -2.07. The van der Waals surface area contributed by atoms with Crippen LogP contribution in [0.3, 0.4) is 0 Å². The van der Waals surface area contributed by atoms with Crippen LogP contribution < -0.4 is 4.74 Å². The van der Waals surface area contributed by atoms with Crippen molar-refractivity contribution in [2.24, 2.45) is 5.92 Å². The van der Waals surface area contributed by atoms with Crippen molar-refractivity contribution >= 4 is 28.9 Å². The SMILES string of the molecule is CC1CCC=C1CCCc1ccc(C(=O)O)s1.COc1cc(Cl)nc(CO)c1. The van der Waals surface area contributed by atoms with Gasteiger partial charge < -0.3 is 14.9 Å². The Kier molecular flexibility index (Phi) is 8.96. The molecule has 0 aliphatic heterocycles. The number of hydrogen-bond acceptors (Lipinski definition) is 5. The van der Waals surface area contributed by atoms with Crippen molar-refractivity contribution in [3.05, 3.63) is 56.5 Å². The van der Waals surface area contributed by atoms with Crippen LogP contribution in [-0.4, -0.2) is 28.3 Å². The van der Waals surface area contributed by atoms with E-state index in [1.54, 1.807) is 23.8 Å². The summed E-state index contributed by atoms with van der Waals surface area (Å²) in [5.74, 6) is 0.551. The van der Waals surface area contributed by atoms with Crippen molar-refractivity contribution in [3.8, 4) is 5.75 Å². The summed E-state index contributed by atoms with van der Waals surface area (Å²) < 4.78 is 4.90. The predicted octanol–water partition coefficient (Wildman–Crippen LogP) is 5.36. The summed E-state index contributed by atoms with van der Waals surface area (Å²) in [5, 5.41) is 17.9. The number of carbonyl (C=O) groups is 1. The highest BCUT2D eigenvalue weighted by atomic mass is 35.5. The molecule has 0 amide bonds. The third-order valence-corrected chi connectivity index (χ3v) is 5.95. The summed E-state index contributed by atoms with van der Waals surface area (Å²) in [7, 11) is 1.53. The molecule has 2 N–H and O–H groups in total. The summed E-state index contributed by atoms with van der Waals surface area (Å²) in [6.07, 6.45) is 8.22. The van der Waals surface area contributed by atoms with Crippen molar-refractivity contribution in [2.75, 3.05) is 7.11 Å². The van der Waals surface area contributed by atoms with Gasteiger partial charge in [0.25, 0.3) is 0 Å². The number of rotatable bonds is 7. The number of aromatic carboxylic acids is 1. The van der Waals surface area contributed by atoms with Crippen molar-refractivity contribution < 1.29 is 19.7 Å². The highest BCUT2D eigenvalue weighted by Crippen LogP contribution is 2.29. The molecule has 0 aromatic carbocycles. The molecule has 0 radical (unpaired) electrons. The predicted molar refractivity (Wildman–Crippen MR) is 112 cm³/mol. The smallest absolute Gasteiger partial charge is 0.345 e. The molecule has 3 rings (SSSR count). The molecule has 1 aliphatic carbocycles. The molecule has 0 saturated carbocycles. The fourth-order valence-electron chi connectivity index (χ4n) is 3.07. The number of allylic oxidation sites excluding steroid dienone is 2. The number of aliphatic hydroxyl groups excluding tert-OH is 1. The van der Waals surface area contributed by atoms with E-state index in [1.165, 1.54) is 42.6 Å². The van der Waals surface area contributed by atoms with Crippen LogP contribution in [0.15, 0.2) is 35.9 Å². The van der Waals surface area contributed by atoms with E-state index in [0.29, 0.717) is 21.5 Å². The molecule has 28 heavy (non-hydrogen) atoms. The second kappa shape index (κ2) is 11.2. The van der Waals surface area contributed by atoms with Crippen LogP contribution in [0.4, 0.5) is 0 Å². The van der Waals surface area contributed by atoms with E-state index in [-0.39, 0.29) is 6.61 Å². The fourth-order valence-corrected chi connectivity index (χ4v) is 4.18. The zero-order valence-electron chi connectivity index (χ0n) is 16.2. The van der Waals surface area contributed by atoms with Gasteiger partial charge >= 0.3 is 5.97 Å². The lowest BCUT2D eigenvalue weighted by Crippen LogP contribution is -1.93. The van der Waals surface area contributed by atoms with E-state index in [9.17, 15) is 4.79 Å². The molecule has 1 aliphatic rings. The van der Waals surface area contributed by atoms with Gasteiger partial charge in [0, 0.05) is 17.0 Å². The Labute approximate surface area is 174 Å². The van der Waals surface area contributed by atoms with Gasteiger partial charge in [-0.3, -0.25) is 0 Å². The minimum atomic E-state index is -0.812. The van der Waals surface area contributed by atoms with E-state index < -0.39 is 5.97 Å². The normalized spacial score (nSPS) is 15.6. The summed E-state index contributed by atoms with van der Waals surface area (Å²) in [6.45, 7) is 2.17. The molecule has 0 fully saturated rings. The lowest BCUT2D eigenvalue weighted by molar-refractivity contribution is 0.0702. The van der Waals surface area contributed by atoms with Gasteiger partial charge in [-0.15, -0.1) is 11.3 Å².